The van der Waals surface area contributed by atoms with Gasteiger partial charge in [0.15, 0.2) is 0 Å². The summed E-state index contributed by atoms with van der Waals surface area (Å²) in [5, 5.41) is 4.08. The molecule has 78 valence electrons. The third-order valence-electron chi connectivity index (χ3n) is 2.50. The zero-order chi connectivity index (χ0) is 10.5. The average molecular weight is 265 g/mol. The molecule has 0 spiro atoms. The van der Waals surface area contributed by atoms with E-state index < -0.39 is 5.92 Å². The third-order valence-corrected chi connectivity index (χ3v) is 3.05. The molecular formula is C9H11BrF2N2. The van der Waals surface area contributed by atoms with E-state index in [0.717, 1.165) is 0 Å². The van der Waals surface area contributed by atoms with Crippen molar-refractivity contribution in [3.63, 3.8) is 0 Å². The van der Waals surface area contributed by atoms with Crippen molar-refractivity contribution >= 4 is 15.9 Å². The Kier molecular flexibility index (Phi) is 2.17. The maximum atomic E-state index is 13.4. The van der Waals surface area contributed by atoms with Gasteiger partial charge in [0.1, 0.15) is 4.60 Å². The monoisotopic (exact) mass is 264 g/mol. The maximum Gasteiger partial charge on any atom is 0.278 e. The van der Waals surface area contributed by atoms with Crippen molar-refractivity contribution in [2.24, 2.45) is 0 Å². The molecule has 1 heterocycles. The number of fused-ring (bicyclic) bond motifs is 1. The summed E-state index contributed by atoms with van der Waals surface area (Å²) in [5.74, 6) is -2.71. The smallest absolute Gasteiger partial charge is 0.265 e. The summed E-state index contributed by atoms with van der Waals surface area (Å²) in [6.45, 7) is 3.88. The van der Waals surface area contributed by atoms with Crippen LogP contribution in [-0.4, -0.2) is 9.78 Å². The van der Waals surface area contributed by atoms with E-state index in [1.54, 1.807) is 4.68 Å². The van der Waals surface area contributed by atoms with Crippen molar-refractivity contribution in [3.8, 4) is 0 Å². The van der Waals surface area contributed by atoms with Gasteiger partial charge in [0, 0.05) is 18.2 Å². The molecule has 1 aliphatic carbocycles. The van der Waals surface area contributed by atoms with Gasteiger partial charge < -0.3 is 0 Å². The highest BCUT2D eigenvalue weighted by Gasteiger charge is 2.44. The lowest BCUT2D eigenvalue weighted by Gasteiger charge is -2.07. The zero-order valence-corrected chi connectivity index (χ0v) is 9.61. The van der Waals surface area contributed by atoms with Crippen molar-refractivity contribution in [3.05, 3.63) is 15.9 Å². The van der Waals surface area contributed by atoms with Crippen LogP contribution in [0, 0.1) is 0 Å². The normalized spacial score (nSPS) is 19.0. The molecule has 1 aliphatic rings. The van der Waals surface area contributed by atoms with Crippen LogP contribution in [0.15, 0.2) is 4.60 Å². The first-order chi connectivity index (χ1) is 6.43. The molecule has 0 bridgehead atoms. The number of nitrogens with zero attached hydrogens (tertiary/aromatic N) is 2. The minimum absolute atomic E-state index is 0.0891. The fourth-order valence-corrected chi connectivity index (χ4v) is 2.56. The lowest BCUT2D eigenvalue weighted by Crippen LogP contribution is -2.07. The van der Waals surface area contributed by atoms with Gasteiger partial charge in [-0.3, -0.25) is 4.68 Å². The molecule has 0 aromatic carbocycles. The van der Waals surface area contributed by atoms with Crippen LogP contribution in [-0.2, 0) is 12.3 Å². The molecule has 1 aromatic heterocycles. The van der Waals surface area contributed by atoms with E-state index in [2.05, 4.69) is 21.0 Å². The van der Waals surface area contributed by atoms with E-state index in [1.165, 1.54) is 0 Å². The average Bonchev–Trinajstić information content (AvgIpc) is 2.53. The summed E-state index contributed by atoms with van der Waals surface area (Å²) >= 11 is 3.10. The number of hydrogen-bond donors (Lipinski definition) is 0. The van der Waals surface area contributed by atoms with Gasteiger partial charge >= 0.3 is 0 Å². The summed E-state index contributed by atoms with van der Waals surface area (Å²) in [6.07, 6.45) is 0.324. The van der Waals surface area contributed by atoms with Crippen LogP contribution >= 0.6 is 15.9 Å². The van der Waals surface area contributed by atoms with Gasteiger partial charge in [0.25, 0.3) is 5.92 Å². The predicted molar refractivity (Wildman–Crippen MR) is 52.5 cm³/mol. The van der Waals surface area contributed by atoms with Gasteiger partial charge in [-0.15, -0.1) is 0 Å². The van der Waals surface area contributed by atoms with E-state index in [1.807, 2.05) is 13.8 Å². The summed E-state index contributed by atoms with van der Waals surface area (Å²) in [4.78, 5) is 0. The second-order valence-electron chi connectivity index (χ2n) is 3.86. The first kappa shape index (κ1) is 10.1. The highest BCUT2D eigenvalue weighted by atomic mass is 79.9. The van der Waals surface area contributed by atoms with E-state index in [4.69, 9.17) is 0 Å². The molecule has 0 unspecified atom stereocenters. The van der Waals surface area contributed by atoms with Gasteiger partial charge in [-0.2, -0.15) is 5.10 Å². The lowest BCUT2D eigenvalue weighted by molar-refractivity contribution is -0.00273. The molecule has 2 rings (SSSR count). The molecule has 0 N–H and O–H groups in total. The molecule has 5 heteroatoms. The number of hydrogen-bond acceptors (Lipinski definition) is 1. The Morgan fingerprint density at radius 3 is 2.71 bits per heavy atom. The molecule has 0 aliphatic heterocycles. The molecular weight excluding hydrogens is 254 g/mol. The summed E-state index contributed by atoms with van der Waals surface area (Å²) < 4.78 is 28.8. The molecule has 0 atom stereocenters. The van der Waals surface area contributed by atoms with Crippen molar-refractivity contribution in [1.82, 2.24) is 9.78 Å². The fourth-order valence-electron chi connectivity index (χ4n) is 1.87. The first-order valence-electron chi connectivity index (χ1n) is 4.58. The highest BCUT2D eigenvalue weighted by molar-refractivity contribution is 9.10. The lowest BCUT2D eigenvalue weighted by atomic mass is 10.2. The van der Waals surface area contributed by atoms with Crippen LogP contribution in [0.5, 0.6) is 0 Å². The molecule has 14 heavy (non-hydrogen) atoms. The van der Waals surface area contributed by atoms with E-state index in [0.29, 0.717) is 16.7 Å². The molecule has 0 saturated carbocycles. The molecule has 2 nitrogen and oxygen atoms in total. The van der Waals surface area contributed by atoms with Crippen LogP contribution in [0.25, 0.3) is 0 Å². The second-order valence-corrected chi connectivity index (χ2v) is 4.61. The number of halogens is 3. The number of alkyl halides is 2. The van der Waals surface area contributed by atoms with E-state index >= 15 is 0 Å². The third kappa shape index (κ3) is 1.29. The molecule has 0 radical (unpaired) electrons. The minimum Gasteiger partial charge on any atom is -0.265 e. The van der Waals surface area contributed by atoms with Crippen LogP contribution in [0.2, 0.25) is 0 Å². The second kappa shape index (κ2) is 3.02. The van der Waals surface area contributed by atoms with Crippen molar-refractivity contribution < 1.29 is 8.78 Å². The highest BCUT2D eigenvalue weighted by Crippen LogP contribution is 2.45. The van der Waals surface area contributed by atoms with Gasteiger partial charge in [0.2, 0.25) is 0 Å². The summed E-state index contributed by atoms with van der Waals surface area (Å²) in [7, 11) is 0. The van der Waals surface area contributed by atoms with Gasteiger partial charge in [-0.25, -0.2) is 8.78 Å². The largest absolute Gasteiger partial charge is 0.278 e. The van der Waals surface area contributed by atoms with Crippen molar-refractivity contribution in [1.29, 1.82) is 0 Å². The Morgan fingerprint density at radius 1 is 1.50 bits per heavy atom. The fraction of sp³-hybridized carbons (Fsp3) is 0.667. The Bertz CT molecular complexity index is 371. The summed E-state index contributed by atoms with van der Waals surface area (Å²) in [5.41, 5.74) is 0.767. The van der Waals surface area contributed by atoms with Crippen LogP contribution in [0.3, 0.4) is 0 Å². The molecule has 1 aromatic rings. The number of aromatic nitrogens is 2. The predicted octanol–water partition coefficient (Wildman–Crippen LogP) is 3.26. The molecule has 0 amide bonds. The van der Waals surface area contributed by atoms with Gasteiger partial charge in [-0.1, -0.05) is 0 Å². The van der Waals surface area contributed by atoms with Gasteiger partial charge in [0.05, 0.1) is 5.56 Å². The Balaban J connectivity index is 2.58. The number of rotatable bonds is 1. The zero-order valence-electron chi connectivity index (χ0n) is 8.02. The minimum atomic E-state index is -2.71. The first-order valence-corrected chi connectivity index (χ1v) is 5.38. The van der Waals surface area contributed by atoms with E-state index in [-0.39, 0.29) is 18.0 Å². The van der Waals surface area contributed by atoms with Crippen molar-refractivity contribution in [2.45, 2.75) is 38.7 Å². The van der Waals surface area contributed by atoms with E-state index in [9.17, 15) is 8.78 Å². The SMILES string of the molecule is CC(C)n1nc(Br)c2c1CCC2(F)F. The topological polar surface area (TPSA) is 17.8 Å². The van der Waals surface area contributed by atoms with Gasteiger partial charge in [-0.05, 0) is 36.2 Å². The van der Waals surface area contributed by atoms with Crippen LogP contribution in [0.1, 0.15) is 37.6 Å². The van der Waals surface area contributed by atoms with Crippen LogP contribution < -0.4 is 0 Å². The summed E-state index contributed by atoms with van der Waals surface area (Å²) in [6, 6.07) is 0.129. The molecule has 0 saturated heterocycles. The quantitative estimate of drug-likeness (QED) is 0.762. The Morgan fingerprint density at radius 2 is 2.14 bits per heavy atom. The van der Waals surface area contributed by atoms with Crippen LogP contribution in [0.4, 0.5) is 8.78 Å². The molecule has 0 fully saturated rings. The standard InChI is InChI=1S/C9H11BrF2N2/c1-5(2)14-6-3-4-9(11,12)7(6)8(10)13-14/h5H,3-4H2,1-2H3. The Hall–Kier alpha value is -0.450. The maximum absolute atomic E-state index is 13.4. The van der Waals surface area contributed by atoms with Crippen molar-refractivity contribution in [2.75, 3.05) is 0 Å². The Labute approximate surface area is 89.4 Å².